The molecule has 1 saturated heterocycles. The highest BCUT2D eigenvalue weighted by Crippen LogP contribution is 2.46. The van der Waals surface area contributed by atoms with E-state index in [-0.39, 0.29) is 6.04 Å². The van der Waals surface area contributed by atoms with Gasteiger partial charge in [-0.1, -0.05) is 12.1 Å². The van der Waals surface area contributed by atoms with Crippen LogP contribution in [-0.4, -0.2) is 47.9 Å². The number of ether oxygens (including phenoxy) is 1. The number of rotatable bonds is 4. The summed E-state index contributed by atoms with van der Waals surface area (Å²) in [6.45, 7) is 6.38. The molecule has 2 fully saturated rings. The fraction of sp³-hybridized carbons (Fsp3) is 0.833. The van der Waals surface area contributed by atoms with Gasteiger partial charge in [0, 0.05) is 25.6 Å². The minimum Gasteiger partial charge on any atom is -0.379 e. The van der Waals surface area contributed by atoms with E-state index in [2.05, 4.69) is 22.0 Å². The second-order valence-electron chi connectivity index (χ2n) is 5.33. The fourth-order valence-corrected chi connectivity index (χ4v) is 2.36. The largest absolute Gasteiger partial charge is 0.379 e. The zero-order chi connectivity index (χ0) is 12.5. The van der Waals surface area contributed by atoms with Gasteiger partial charge in [0.25, 0.3) is 0 Å². The summed E-state index contributed by atoms with van der Waals surface area (Å²) in [5.74, 6) is 2.53. The average Bonchev–Trinajstić information content (AvgIpc) is 2.93. The maximum Gasteiger partial charge on any atom is 0.230 e. The molecule has 2 aliphatic rings. The highest BCUT2D eigenvalue weighted by Gasteiger charge is 2.39. The molecule has 2 heterocycles. The van der Waals surface area contributed by atoms with Crippen LogP contribution in [0.3, 0.4) is 0 Å². The van der Waals surface area contributed by atoms with Crippen LogP contribution in [0.25, 0.3) is 0 Å². The lowest BCUT2D eigenvalue weighted by Crippen LogP contribution is -2.40. The lowest BCUT2D eigenvalue weighted by molar-refractivity contribution is 0.0348. The van der Waals surface area contributed by atoms with Gasteiger partial charge in [-0.15, -0.1) is 0 Å². The van der Waals surface area contributed by atoms with Crippen LogP contribution in [0.1, 0.15) is 37.0 Å². The van der Waals surface area contributed by atoms with E-state index in [0.717, 1.165) is 45.2 Å². The van der Waals surface area contributed by atoms with E-state index in [9.17, 15) is 0 Å². The number of aromatic nitrogens is 2. The minimum atomic E-state index is -0.172. The van der Waals surface area contributed by atoms with Gasteiger partial charge in [-0.25, -0.2) is 0 Å². The molecule has 0 bridgehead atoms. The molecule has 1 aromatic heterocycles. The Hall–Kier alpha value is -0.980. The van der Waals surface area contributed by atoms with Gasteiger partial charge in [-0.05, 0) is 12.3 Å². The van der Waals surface area contributed by atoms with Crippen molar-refractivity contribution < 1.29 is 9.26 Å². The summed E-state index contributed by atoms with van der Waals surface area (Å²) in [4.78, 5) is 6.71. The van der Waals surface area contributed by atoms with Gasteiger partial charge in [-0.2, -0.15) is 4.98 Å². The molecule has 2 N–H and O–H groups in total. The second kappa shape index (κ2) is 4.95. The second-order valence-corrected chi connectivity index (χ2v) is 5.33. The summed E-state index contributed by atoms with van der Waals surface area (Å²) in [6, 6.07) is -0.172. The molecule has 0 aromatic carbocycles. The van der Waals surface area contributed by atoms with Gasteiger partial charge in [0.15, 0.2) is 5.82 Å². The normalized spacial score (nSPS) is 30.3. The van der Waals surface area contributed by atoms with Crippen LogP contribution in [0.2, 0.25) is 0 Å². The Morgan fingerprint density at radius 3 is 2.83 bits per heavy atom. The summed E-state index contributed by atoms with van der Waals surface area (Å²) in [6.07, 6.45) is 1.15. The van der Waals surface area contributed by atoms with Crippen molar-refractivity contribution in [2.24, 2.45) is 11.7 Å². The molecule has 18 heavy (non-hydrogen) atoms. The van der Waals surface area contributed by atoms with Crippen molar-refractivity contribution in [3.05, 3.63) is 11.7 Å². The highest BCUT2D eigenvalue weighted by atomic mass is 16.5. The SMILES string of the molecule is CC1CC1c1nc(C(N)CN2CCOCC2)no1. The predicted octanol–water partition coefficient (Wildman–Crippen LogP) is 0.525. The Bertz CT molecular complexity index is 403. The maximum absolute atomic E-state index is 6.13. The lowest BCUT2D eigenvalue weighted by atomic mass is 10.2. The third-order valence-corrected chi connectivity index (χ3v) is 3.77. The molecule has 1 aliphatic carbocycles. The molecule has 3 unspecified atom stereocenters. The topological polar surface area (TPSA) is 77.4 Å². The van der Waals surface area contributed by atoms with E-state index in [4.69, 9.17) is 15.0 Å². The zero-order valence-electron chi connectivity index (χ0n) is 10.7. The first-order chi connectivity index (χ1) is 8.74. The minimum absolute atomic E-state index is 0.172. The maximum atomic E-state index is 6.13. The van der Waals surface area contributed by atoms with Gasteiger partial charge in [0.2, 0.25) is 5.89 Å². The van der Waals surface area contributed by atoms with E-state index in [1.165, 1.54) is 0 Å². The first-order valence-electron chi connectivity index (χ1n) is 6.63. The van der Waals surface area contributed by atoms with Crippen molar-refractivity contribution in [3.63, 3.8) is 0 Å². The standard InChI is InChI=1S/C12H20N4O2/c1-8-6-9(8)12-14-11(15-18-12)10(13)7-16-2-4-17-5-3-16/h8-10H,2-7,13H2,1H3. The molecular weight excluding hydrogens is 232 g/mol. The Balaban J connectivity index is 1.57. The molecule has 0 amide bonds. The summed E-state index contributed by atoms with van der Waals surface area (Å²) in [7, 11) is 0. The molecule has 1 aliphatic heterocycles. The number of hydrogen-bond donors (Lipinski definition) is 1. The van der Waals surface area contributed by atoms with E-state index >= 15 is 0 Å². The molecule has 1 saturated carbocycles. The number of hydrogen-bond acceptors (Lipinski definition) is 6. The third-order valence-electron chi connectivity index (χ3n) is 3.77. The zero-order valence-corrected chi connectivity index (χ0v) is 10.7. The molecule has 3 atom stereocenters. The van der Waals surface area contributed by atoms with Crippen LogP contribution in [0.4, 0.5) is 0 Å². The van der Waals surface area contributed by atoms with E-state index in [0.29, 0.717) is 17.7 Å². The number of nitrogens with zero attached hydrogens (tertiary/aromatic N) is 3. The Labute approximate surface area is 106 Å². The van der Waals surface area contributed by atoms with Crippen LogP contribution in [0, 0.1) is 5.92 Å². The molecule has 3 rings (SSSR count). The monoisotopic (exact) mass is 252 g/mol. The molecule has 0 radical (unpaired) electrons. The summed E-state index contributed by atoms with van der Waals surface area (Å²) in [5.41, 5.74) is 6.13. The average molecular weight is 252 g/mol. The van der Waals surface area contributed by atoms with Crippen LogP contribution < -0.4 is 5.73 Å². The number of morpholine rings is 1. The van der Waals surface area contributed by atoms with E-state index < -0.39 is 0 Å². The molecule has 100 valence electrons. The van der Waals surface area contributed by atoms with Crippen LogP contribution in [0.5, 0.6) is 0 Å². The molecule has 6 heteroatoms. The number of nitrogens with two attached hydrogens (primary N) is 1. The molecule has 6 nitrogen and oxygen atoms in total. The van der Waals surface area contributed by atoms with Crippen molar-refractivity contribution in [2.45, 2.75) is 25.3 Å². The smallest absolute Gasteiger partial charge is 0.230 e. The third kappa shape index (κ3) is 2.55. The van der Waals surface area contributed by atoms with Crippen molar-refractivity contribution in [2.75, 3.05) is 32.8 Å². The van der Waals surface area contributed by atoms with Crippen molar-refractivity contribution in [1.29, 1.82) is 0 Å². The van der Waals surface area contributed by atoms with Gasteiger partial charge in [0.1, 0.15) is 0 Å². The van der Waals surface area contributed by atoms with Gasteiger partial charge >= 0.3 is 0 Å². The summed E-state index contributed by atoms with van der Waals surface area (Å²) in [5, 5.41) is 4.01. The Kier molecular flexibility index (Phi) is 3.32. The van der Waals surface area contributed by atoms with Crippen LogP contribution in [-0.2, 0) is 4.74 Å². The quantitative estimate of drug-likeness (QED) is 0.842. The first kappa shape index (κ1) is 12.1. The van der Waals surface area contributed by atoms with Crippen molar-refractivity contribution >= 4 is 0 Å². The van der Waals surface area contributed by atoms with Crippen molar-refractivity contribution in [1.82, 2.24) is 15.0 Å². The molecule has 1 aromatic rings. The fourth-order valence-electron chi connectivity index (χ4n) is 2.36. The summed E-state index contributed by atoms with van der Waals surface area (Å²) >= 11 is 0. The molecule has 0 spiro atoms. The van der Waals surface area contributed by atoms with Crippen molar-refractivity contribution in [3.8, 4) is 0 Å². The Morgan fingerprint density at radius 2 is 2.17 bits per heavy atom. The first-order valence-corrected chi connectivity index (χ1v) is 6.63. The summed E-state index contributed by atoms with van der Waals surface area (Å²) < 4.78 is 10.6. The van der Waals surface area contributed by atoms with E-state index in [1.807, 2.05) is 0 Å². The lowest BCUT2D eigenvalue weighted by Gasteiger charge is -2.27. The highest BCUT2D eigenvalue weighted by molar-refractivity contribution is 5.07. The van der Waals surface area contributed by atoms with Gasteiger partial charge < -0.3 is 15.0 Å². The van der Waals surface area contributed by atoms with Crippen LogP contribution >= 0.6 is 0 Å². The predicted molar refractivity (Wildman–Crippen MR) is 65.0 cm³/mol. The molecular formula is C12H20N4O2. The van der Waals surface area contributed by atoms with Gasteiger partial charge in [0.05, 0.1) is 19.3 Å². The Morgan fingerprint density at radius 1 is 1.44 bits per heavy atom. The van der Waals surface area contributed by atoms with Crippen LogP contribution in [0.15, 0.2) is 4.52 Å². The van der Waals surface area contributed by atoms with E-state index in [1.54, 1.807) is 0 Å². The van der Waals surface area contributed by atoms with Gasteiger partial charge in [-0.3, -0.25) is 4.90 Å².